The van der Waals surface area contributed by atoms with Gasteiger partial charge in [0.15, 0.2) is 0 Å². The molecule has 1 aromatic rings. The van der Waals surface area contributed by atoms with Gasteiger partial charge in [0.2, 0.25) is 0 Å². The highest BCUT2D eigenvalue weighted by Gasteiger charge is 2.12. The standard InChI is InChI=1S/C12H16O2/c1-8(2)12(13)14-11-9(3)6-5-7-10(11)4/h5-8H,1-4H3. The van der Waals surface area contributed by atoms with E-state index >= 15 is 0 Å². The molecule has 2 nitrogen and oxygen atoms in total. The summed E-state index contributed by atoms with van der Waals surface area (Å²) in [6, 6.07) is 5.84. The van der Waals surface area contributed by atoms with Crippen LogP contribution in [-0.4, -0.2) is 5.97 Å². The maximum absolute atomic E-state index is 11.4. The predicted molar refractivity (Wildman–Crippen MR) is 56.4 cm³/mol. The summed E-state index contributed by atoms with van der Waals surface area (Å²) in [5, 5.41) is 0. The molecule has 1 aromatic carbocycles. The van der Waals surface area contributed by atoms with Crippen LogP contribution in [0, 0.1) is 19.8 Å². The van der Waals surface area contributed by atoms with E-state index < -0.39 is 0 Å². The first kappa shape index (κ1) is 10.8. The quantitative estimate of drug-likeness (QED) is 0.532. The van der Waals surface area contributed by atoms with Crippen LogP contribution in [0.5, 0.6) is 5.75 Å². The van der Waals surface area contributed by atoms with Gasteiger partial charge in [-0.05, 0) is 25.0 Å². The number of benzene rings is 1. The minimum absolute atomic E-state index is 0.0889. The SMILES string of the molecule is Cc1cccc(C)c1OC(=O)C(C)C. The molecular weight excluding hydrogens is 176 g/mol. The summed E-state index contributed by atoms with van der Waals surface area (Å²) in [5.41, 5.74) is 2.00. The van der Waals surface area contributed by atoms with Crippen molar-refractivity contribution in [2.24, 2.45) is 5.92 Å². The fraction of sp³-hybridized carbons (Fsp3) is 0.417. The van der Waals surface area contributed by atoms with Crippen molar-refractivity contribution < 1.29 is 9.53 Å². The molecule has 0 aliphatic heterocycles. The zero-order valence-corrected chi connectivity index (χ0v) is 9.13. The van der Waals surface area contributed by atoms with Crippen LogP contribution < -0.4 is 4.74 Å². The molecule has 0 fully saturated rings. The van der Waals surface area contributed by atoms with Gasteiger partial charge in [0.05, 0.1) is 5.92 Å². The van der Waals surface area contributed by atoms with E-state index in [9.17, 15) is 4.79 Å². The Morgan fingerprint density at radius 1 is 1.21 bits per heavy atom. The molecule has 0 N–H and O–H groups in total. The number of hydrogen-bond donors (Lipinski definition) is 0. The number of hydrogen-bond acceptors (Lipinski definition) is 2. The molecule has 0 saturated carbocycles. The van der Waals surface area contributed by atoms with Crippen LogP contribution in [0.15, 0.2) is 18.2 Å². The molecule has 0 radical (unpaired) electrons. The molecule has 0 aliphatic carbocycles. The van der Waals surface area contributed by atoms with Crippen LogP contribution in [0.1, 0.15) is 25.0 Å². The van der Waals surface area contributed by atoms with Gasteiger partial charge < -0.3 is 4.74 Å². The summed E-state index contributed by atoms with van der Waals surface area (Å²) in [6.07, 6.45) is 0. The second-order valence-corrected chi connectivity index (χ2v) is 3.80. The van der Waals surface area contributed by atoms with Crippen molar-refractivity contribution in [2.75, 3.05) is 0 Å². The molecule has 0 unspecified atom stereocenters. The second-order valence-electron chi connectivity index (χ2n) is 3.80. The number of para-hydroxylation sites is 1. The summed E-state index contributed by atoms with van der Waals surface area (Å²) < 4.78 is 5.30. The van der Waals surface area contributed by atoms with Gasteiger partial charge in [0, 0.05) is 0 Å². The number of carbonyl (C=O) groups is 1. The zero-order valence-electron chi connectivity index (χ0n) is 9.13. The predicted octanol–water partition coefficient (Wildman–Crippen LogP) is 2.86. The van der Waals surface area contributed by atoms with E-state index in [1.807, 2.05) is 45.9 Å². The number of aryl methyl sites for hydroxylation is 2. The Labute approximate surface area is 84.9 Å². The average molecular weight is 192 g/mol. The molecule has 0 aromatic heterocycles. The lowest BCUT2D eigenvalue weighted by atomic mass is 10.1. The van der Waals surface area contributed by atoms with Gasteiger partial charge in [-0.3, -0.25) is 4.79 Å². The highest BCUT2D eigenvalue weighted by atomic mass is 16.5. The number of rotatable bonds is 2. The largest absolute Gasteiger partial charge is 0.426 e. The van der Waals surface area contributed by atoms with Gasteiger partial charge in [-0.25, -0.2) is 0 Å². The maximum Gasteiger partial charge on any atom is 0.313 e. The van der Waals surface area contributed by atoms with Crippen LogP contribution >= 0.6 is 0 Å². The Hall–Kier alpha value is -1.31. The molecule has 0 bridgehead atoms. The lowest BCUT2D eigenvalue weighted by molar-refractivity contribution is -0.137. The Morgan fingerprint density at radius 2 is 1.71 bits per heavy atom. The van der Waals surface area contributed by atoms with Crippen LogP contribution in [-0.2, 0) is 4.79 Å². The molecule has 14 heavy (non-hydrogen) atoms. The summed E-state index contributed by atoms with van der Waals surface area (Å²) in [4.78, 5) is 11.4. The minimum atomic E-state index is -0.178. The Morgan fingerprint density at radius 3 is 2.14 bits per heavy atom. The van der Waals surface area contributed by atoms with E-state index in [0.29, 0.717) is 5.75 Å². The van der Waals surface area contributed by atoms with Crippen LogP contribution in [0.4, 0.5) is 0 Å². The van der Waals surface area contributed by atoms with Gasteiger partial charge in [-0.2, -0.15) is 0 Å². The molecule has 0 atom stereocenters. The first-order valence-corrected chi connectivity index (χ1v) is 4.80. The number of ether oxygens (including phenoxy) is 1. The fourth-order valence-electron chi connectivity index (χ4n) is 1.18. The van der Waals surface area contributed by atoms with Gasteiger partial charge in [0.25, 0.3) is 0 Å². The van der Waals surface area contributed by atoms with Crippen LogP contribution in [0.3, 0.4) is 0 Å². The monoisotopic (exact) mass is 192 g/mol. The summed E-state index contributed by atoms with van der Waals surface area (Å²) in [7, 11) is 0. The van der Waals surface area contributed by atoms with Crippen LogP contribution in [0.25, 0.3) is 0 Å². The van der Waals surface area contributed by atoms with Crippen molar-refractivity contribution >= 4 is 5.97 Å². The second kappa shape index (κ2) is 4.27. The molecule has 1 rings (SSSR count). The molecule has 2 heteroatoms. The molecule has 0 heterocycles. The van der Waals surface area contributed by atoms with Crippen molar-refractivity contribution in [3.05, 3.63) is 29.3 Å². The van der Waals surface area contributed by atoms with Crippen molar-refractivity contribution in [3.63, 3.8) is 0 Å². The maximum atomic E-state index is 11.4. The van der Waals surface area contributed by atoms with Gasteiger partial charge >= 0.3 is 5.97 Å². The van der Waals surface area contributed by atoms with Crippen molar-refractivity contribution in [1.29, 1.82) is 0 Å². The molecular formula is C12H16O2. The minimum Gasteiger partial charge on any atom is -0.426 e. The van der Waals surface area contributed by atoms with Crippen molar-refractivity contribution in [3.8, 4) is 5.75 Å². The average Bonchev–Trinajstić information content (AvgIpc) is 2.11. The van der Waals surface area contributed by atoms with E-state index in [1.165, 1.54) is 0 Å². The topological polar surface area (TPSA) is 26.3 Å². The molecule has 0 amide bonds. The third-order valence-corrected chi connectivity index (χ3v) is 2.08. The van der Waals surface area contributed by atoms with Crippen molar-refractivity contribution in [1.82, 2.24) is 0 Å². The van der Waals surface area contributed by atoms with Gasteiger partial charge in [-0.15, -0.1) is 0 Å². The summed E-state index contributed by atoms with van der Waals surface area (Å²) >= 11 is 0. The highest BCUT2D eigenvalue weighted by Crippen LogP contribution is 2.23. The van der Waals surface area contributed by atoms with Gasteiger partial charge in [0.1, 0.15) is 5.75 Å². The van der Waals surface area contributed by atoms with Crippen molar-refractivity contribution in [2.45, 2.75) is 27.7 Å². The van der Waals surface area contributed by atoms with E-state index in [4.69, 9.17) is 4.74 Å². The normalized spacial score (nSPS) is 10.4. The Balaban J connectivity index is 2.91. The molecule has 0 aliphatic rings. The lowest BCUT2D eigenvalue weighted by Gasteiger charge is -2.11. The smallest absolute Gasteiger partial charge is 0.313 e. The first-order valence-electron chi connectivity index (χ1n) is 4.80. The molecule has 76 valence electrons. The fourth-order valence-corrected chi connectivity index (χ4v) is 1.18. The summed E-state index contributed by atoms with van der Waals surface area (Å²) in [6.45, 7) is 7.54. The highest BCUT2D eigenvalue weighted by molar-refractivity contribution is 5.75. The lowest BCUT2D eigenvalue weighted by Crippen LogP contribution is -2.15. The third-order valence-electron chi connectivity index (χ3n) is 2.08. The van der Waals surface area contributed by atoms with E-state index in [0.717, 1.165) is 11.1 Å². The number of carbonyl (C=O) groups excluding carboxylic acids is 1. The molecule has 0 saturated heterocycles. The van der Waals surface area contributed by atoms with E-state index in [2.05, 4.69) is 0 Å². The molecule has 0 spiro atoms. The Kier molecular flexibility index (Phi) is 3.28. The number of esters is 1. The van der Waals surface area contributed by atoms with Crippen LogP contribution in [0.2, 0.25) is 0 Å². The Bertz CT molecular complexity index is 320. The summed E-state index contributed by atoms with van der Waals surface area (Å²) in [5.74, 6) is 0.433. The van der Waals surface area contributed by atoms with Gasteiger partial charge in [-0.1, -0.05) is 32.0 Å². The van der Waals surface area contributed by atoms with E-state index in [-0.39, 0.29) is 11.9 Å². The zero-order chi connectivity index (χ0) is 10.7. The third kappa shape index (κ3) is 2.34. The first-order chi connectivity index (χ1) is 6.52. The van der Waals surface area contributed by atoms with E-state index in [1.54, 1.807) is 0 Å².